The van der Waals surface area contributed by atoms with Crippen molar-refractivity contribution in [2.75, 3.05) is 25.0 Å². The van der Waals surface area contributed by atoms with Gasteiger partial charge in [-0.2, -0.15) is 0 Å². The number of esters is 1. The molecule has 8 heteroatoms. The van der Waals surface area contributed by atoms with Crippen LogP contribution in [0.5, 0.6) is 0 Å². The number of benzene rings is 2. The second-order valence-electron chi connectivity index (χ2n) is 10.7. The van der Waals surface area contributed by atoms with Crippen LogP contribution in [-0.2, 0) is 24.1 Å². The summed E-state index contributed by atoms with van der Waals surface area (Å²) in [5, 5.41) is 4.22. The van der Waals surface area contributed by atoms with E-state index in [1.807, 2.05) is 17.2 Å². The average Bonchev–Trinajstić information content (AvgIpc) is 3.37. The molecular weight excluding hydrogens is 502 g/mol. The number of likely N-dealkylation sites (tertiary alicyclic amines) is 1. The van der Waals surface area contributed by atoms with Gasteiger partial charge >= 0.3 is 12.0 Å². The van der Waals surface area contributed by atoms with Gasteiger partial charge in [-0.05, 0) is 80.8 Å². The van der Waals surface area contributed by atoms with Crippen LogP contribution in [-0.4, -0.2) is 51.1 Å². The predicted molar refractivity (Wildman–Crippen MR) is 155 cm³/mol. The summed E-state index contributed by atoms with van der Waals surface area (Å²) in [6.07, 6.45) is 10.2. The van der Waals surface area contributed by atoms with Gasteiger partial charge in [0.15, 0.2) is 0 Å². The number of rotatable bonds is 7. The monoisotopic (exact) mass is 537 g/mol. The lowest BCUT2D eigenvalue weighted by molar-refractivity contribution is 0.0526. The Morgan fingerprint density at radius 2 is 1.88 bits per heavy atom. The van der Waals surface area contributed by atoms with Crippen molar-refractivity contribution in [1.82, 2.24) is 19.4 Å². The van der Waals surface area contributed by atoms with Crippen molar-refractivity contribution in [2.24, 2.45) is 5.92 Å². The first kappa shape index (κ1) is 26.0. The Balaban J connectivity index is 1.02. The van der Waals surface area contributed by atoms with Crippen LogP contribution in [0, 0.1) is 5.92 Å². The van der Waals surface area contributed by atoms with E-state index < -0.39 is 0 Å². The lowest BCUT2D eigenvalue weighted by Gasteiger charge is -2.32. The SMILES string of the molecule is CCOC(=O)c1ccc(NC(=O)N2CCC(CCc3nccc(-c4cn5c6c(cccc46)CCC5)n3)CC2)cc1. The number of carbonyl (C=O) groups is 2. The zero-order valence-electron chi connectivity index (χ0n) is 22.9. The fourth-order valence-corrected chi connectivity index (χ4v) is 5.99. The molecule has 2 amide bonds. The first-order chi connectivity index (χ1) is 19.6. The van der Waals surface area contributed by atoms with Crippen molar-refractivity contribution in [3.63, 3.8) is 0 Å². The summed E-state index contributed by atoms with van der Waals surface area (Å²) in [6, 6.07) is 15.3. The minimum atomic E-state index is -0.360. The number of nitrogens with one attached hydrogen (secondary N) is 1. The summed E-state index contributed by atoms with van der Waals surface area (Å²) in [4.78, 5) is 36.0. The standard InChI is InChI=1S/C32H35N5O3/c1-2-40-31(38)24-9-11-25(12-10-24)34-32(39)36-19-15-22(16-20-36)8-13-29-33-17-14-28(35-29)27-21-37-18-4-6-23-5-3-7-26(27)30(23)37/h3,5,7,9-12,14,17,21-22H,2,4,6,8,13,15-16,18-20H2,1H3,(H,34,39). The Bertz CT molecular complexity index is 1520. The molecule has 1 fully saturated rings. The molecule has 0 spiro atoms. The largest absolute Gasteiger partial charge is 0.462 e. The lowest BCUT2D eigenvalue weighted by Crippen LogP contribution is -2.41. The highest BCUT2D eigenvalue weighted by Crippen LogP contribution is 2.34. The predicted octanol–water partition coefficient (Wildman–Crippen LogP) is 6.10. The molecule has 0 bridgehead atoms. The van der Waals surface area contributed by atoms with Gasteiger partial charge in [-0.15, -0.1) is 0 Å². The van der Waals surface area contributed by atoms with Crippen LogP contribution < -0.4 is 5.32 Å². The molecule has 206 valence electrons. The van der Waals surface area contributed by atoms with Crippen LogP contribution in [0.25, 0.3) is 22.2 Å². The molecule has 1 N–H and O–H groups in total. The third-order valence-corrected chi connectivity index (χ3v) is 8.13. The summed E-state index contributed by atoms with van der Waals surface area (Å²) in [7, 11) is 0. The number of amides is 2. The Hall–Kier alpha value is -4.20. The number of para-hydroxylation sites is 1. The number of aryl methyl sites for hydroxylation is 3. The zero-order valence-corrected chi connectivity index (χ0v) is 22.9. The smallest absolute Gasteiger partial charge is 0.338 e. The number of carbonyl (C=O) groups excluding carboxylic acids is 2. The third kappa shape index (κ3) is 5.43. The van der Waals surface area contributed by atoms with Crippen molar-refractivity contribution in [1.29, 1.82) is 0 Å². The van der Waals surface area contributed by atoms with Gasteiger partial charge in [-0.1, -0.05) is 18.2 Å². The van der Waals surface area contributed by atoms with Crippen LogP contribution >= 0.6 is 0 Å². The van der Waals surface area contributed by atoms with Gasteiger partial charge in [0, 0.05) is 55.1 Å². The molecule has 40 heavy (non-hydrogen) atoms. The fraction of sp³-hybridized carbons (Fsp3) is 0.375. The Labute approximate surface area is 234 Å². The molecule has 0 radical (unpaired) electrons. The van der Waals surface area contributed by atoms with Crippen molar-refractivity contribution in [3.8, 4) is 11.3 Å². The summed E-state index contributed by atoms with van der Waals surface area (Å²) in [5.41, 5.74) is 6.11. The second-order valence-corrected chi connectivity index (χ2v) is 10.7. The Morgan fingerprint density at radius 3 is 2.67 bits per heavy atom. The molecule has 1 saturated heterocycles. The highest BCUT2D eigenvalue weighted by atomic mass is 16.5. The quantitative estimate of drug-likeness (QED) is 0.288. The van der Waals surface area contributed by atoms with E-state index in [0.29, 0.717) is 23.8 Å². The molecule has 2 aromatic carbocycles. The van der Waals surface area contributed by atoms with E-state index in [9.17, 15) is 9.59 Å². The third-order valence-electron chi connectivity index (χ3n) is 8.13. The van der Waals surface area contributed by atoms with E-state index in [4.69, 9.17) is 9.72 Å². The van der Waals surface area contributed by atoms with Gasteiger partial charge < -0.3 is 19.5 Å². The van der Waals surface area contributed by atoms with E-state index in [1.54, 1.807) is 31.2 Å². The molecule has 6 rings (SSSR count). The Morgan fingerprint density at radius 1 is 1.05 bits per heavy atom. The van der Waals surface area contributed by atoms with Crippen LogP contribution in [0.15, 0.2) is 60.9 Å². The molecule has 2 aromatic heterocycles. The van der Waals surface area contributed by atoms with E-state index in [1.165, 1.54) is 28.5 Å². The molecule has 0 aliphatic carbocycles. The molecule has 4 heterocycles. The summed E-state index contributed by atoms with van der Waals surface area (Å²) < 4.78 is 7.39. The number of nitrogens with zero attached hydrogens (tertiary/aromatic N) is 4. The molecular formula is C32H35N5O3. The van der Waals surface area contributed by atoms with Gasteiger partial charge in [-0.25, -0.2) is 19.6 Å². The first-order valence-electron chi connectivity index (χ1n) is 14.3. The summed E-state index contributed by atoms with van der Waals surface area (Å²) in [6.45, 7) is 4.61. The summed E-state index contributed by atoms with van der Waals surface area (Å²) >= 11 is 0. The van der Waals surface area contributed by atoms with Crippen molar-refractivity contribution in [3.05, 3.63) is 77.9 Å². The van der Waals surface area contributed by atoms with Crippen molar-refractivity contribution in [2.45, 2.75) is 52.0 Å². The van der Waals surface area contributed by atoms with Crippen LogP contribution in [0.2, 0.25) is 0 Å². The van der Waals surface area contributed by atoms with E-state index >= 15 is 0 Å². The zero-order chi connectivity index (χ0) is 27.5. The van der Waals surface area contributed by atoms with Crippen LogP contribution in [0.4, 0.5) is 10.5 Å². The minimum Gasteiger partial charge on any atom is -0.462 e. The van der Waals surface area contributed by atoms with Gasteiger partial charge in [0.1, 0.15) is 5.82 Å². The topological polar surface area (TPSA) is 89.4 Å². The highest BCUT2D eigenvalue weighted by Gasteiger charge is 2.23. The number of ether oxygens (including phenoxy) is 1. The molecule has 4 aromatic rings. The number of anilines is 1. The summed E-state index contributed by atoms with van der Waals surface area (Å²) in [5.74, 6) is 1.07. The second kappa shape index (κ2) is 11.5. The van der Waals surface area contributed by atoms with Gasteiger partial charge in [0.05, 0.1) is 23.4 Å². The van der Waals surface area contributed by atoms with E-state index in [2.05, 4.69) is 39.3 Å². The Kier molecular flexibility index (Phi) is 7.49. The minimum absolute atomic E-state index is 0.107. The number of piperidine rings is 1. The number of aromatic nitrogens is 3. The molecule has 0 unspecified atom stereocenters. The van der Waals surface area contributed by atoms with Crippen LogP contribution in [0.3, 0.4) is 0 Å². The number of hydrogen-bond donors (Lipinski definition) is 1. The van der Waals surface area contributed by atoms with Gasteiger partial charge in [0.2, 0.25) is 0 Å². The van der Waals surface area contributed by atoms with Gasteiger partial charge in [0.25, 0.3) is 0 Å². The fourth-order valence-electron chi connectivity index (χ4n) is 5.99. The van der Waals surface area contributed by atoms with E-state index in [0.717, 1.165) is 63.3 Å². The molecule has 2 aliphatic heterocycles. The van der Waals surface area contributed by atoms with Crippen molar-refractivity contribution >= 4 is 28.6 Å². The first-order valence-corrected chi connectivity index (χ1v) is 14.3. The maximum absolute atomic E-state index is 12.8. The molecule has 2 aliphatic rings. The highest BCUT2D eigenvalue weighted by molar-refractivity contribution is 5.97. The molecule has 0 atom stereocenters. The average molecular weight is 538 g/mol. The normalized spacial score (nSPS) is 15.3. The van der Waals surface area contributed by atoms with E-state index in [-0.39, 0.29) is 12.0 Å². The lowest BCUT2D eigenvalue weighted by atomic mass is 9.92. The van der Waals surface area contributed by atoms with Crippen LogP contribution in [0.1, 0.15) is 54.4 Å². The van der Waals surface area contributed by atoms with Gasteiger partial charge in [-0.3, -0.25) is 0 Å². The molecule has 0 saturated carbocycles. The number of hydrogen-bond acceptors (Lipinski definition) is 5. The maximum Gasteiger partial charge on any atom is 0.338 e. The molecule has 8 nitrogen and oxygen atoms in total. The van der Waals surface area contributed by atoms with Crippen molar-refractivity contribution < 1.29 is 14.3 Å². The maximum atomic E-state index is 12.8. The number of urea groups is 1.